The molecule has 0 saturated heterocycles. The normalized spacial score (nSPS) is 10.7. The van der Waals surface area contributed by atoms with Crippen molar-refractivity contribution in [3.63, 3.8) is 0 Å². The minimum absolute atomic E-state index is 0.0579. The van der Waals surface area contributed by atoms with Gasteiger partial charge in [-0.1, -0.05) is 13.8 Å². The molecule has 0 unspecified atom stereocenters. The van der Waals surface area contributed by atoms with E-state index in [9.17, 15) is 4.79 Å². The van der Waals surface area contributed by atoms with E-state index in [1.165, 1.54) is 6.20 Å². The molecule has 0 atom stereocenters. The number of nitrogens with one attached hydrogen (secondary N) is 1. The summed E-state index contributed by atoms with van der Waals surface area (Å²) in [6, 6.07) is 0. The third-order valence-electron chi connectivity index (χ3n) is 2.15. The summed E-state index contributed by atoms with van der Waals surface area (Å²) in [6.07, 6.45) is 1.47. The second kappa shape index (κ2) is 4.82. The molecule has 0 aromatic carbocycles. The molecule has 1 rings (SSSR count). The van der Waals surface area contributed by atoms with Crippen molar-refractivity contribution in [3.05, 3.63) is 11.8 Å². The molecule has 3 N–H and O–H groups in total. The average molecular weight is 210 g/mol. The van der Waals surface area contributed by atoms with Crippen molar-refractivity contribution >= 4 is 11.7 Å². The number of amides is 1. The summed E-state index contributed by atoms with van der Waals surface area (Å²) in [5, 5.41) is 6.30. The standard InChI is InChI=1S/C10H18N4O/c1-4-14(6-7(2)3)10(15)8-5-12-13-9(8)11/h5,7H,4,6H2,1-3H3,(H3,11,12,13). The van der Waals surface area contributed by atoms with E-state index in [2.05, 4.69) is 24.0 Å². The Kier molecular flexibility index (Phi) is 3.71. The Bertz CT molecular complexity index is 332. The highest BCUT2D eigenvalue weighted by molar-refractivity contribution is 5.98. The molecular weight excluding hydrogens is 192 g/mol. The van der Waals surface area contributed by atoms with Crippen LogP contribution in [-0.2, 0) is 0 Å². The Morgan fingerprint density at radius 3 is 2.73 bits per heavy atom. The molecule has 0 spiro atoms. The number of rotatable bonds is 4. The third kappa shape index (κ3) is 2.71. The molecule has 0 radical (unpaired) electrons. The van der Waals surface area contributed by atoms with Crippen molar-refractivity contribution in [2.45, 2.75) is 20.8 Å². The number of aromatic amines is 1. The summed E-state index contributed by atoms with van der Waals surface area (Å²) in [7, 11) is 0. The van der Waals surface area contributed by atoms with E-state index in [4.69, 9.17) is 5.73 Å². The van der Waals surface area contributed by atoms with E-state index in [0.717, 1.165) is 6.54 Å². The van der Waals surface area contributed by atoms with Crippen molar-refractivity contribution < 1.29 is 4.79 Å². The first-order valence-electron chi connectivity index (χ1n) is 5.14. The van der Waals surface area contributed by atoms with E-state index in [0.29, 0.717) is 23.8 Å². The van der Waals surface area contributed by atoms with Crippen LogP contribution in [0, 0.1) is 5.92 Å². The molecule has 0 aliphatic rings. The zero-order chi connectivity index (χ0) is 11.4. The maximum absolute atomic E-state index is 12.0. The Balaban J connectivity index is 2.78. The molecule has 1 aromatic heterocycles. The molecule has 5 heteroatoms. The third-order valence-corrected chi connectivity index (χ3v) is 2.15. The Hall–Kier alpha value is -1.52. The van der Waals surface area contributed by atoms with Crippen LogP contribution >= 0.6 is 0 Å². The number of nitrogens with two attached hydrogens (primary N) is 1. The topological polar surface area (TPSA) is 75.0 Å². The van der Waals surface area contributed by atoms with Crippen LogP contribution in [0.2, 0.25) is 0 Å². The smallest absolute Gasteiger partial charge is 0.259 e. The summed E-state index contributed by atoms with van der Waals surface area (Å²) in [5.41, 5.74) is 6.06. The van der Waals surface area contributed by atoms with E-state index in [-0.39, 0.29) is 5.91 Å². The quantitative estimate of drug-likeness (QED) is 0.781. The first-order valence-corrected chi connectivity index (χ1v) is 5.14. The second-order valence-corrected chi connectivity index (χ2v) is 3.93. The van der Waals surface area contributed by atoms with Crippen molar-refractivity contribution in [1.82, 2.24) is 15.1 Å². The fourth-order valence-electron chi connectivity index (χ4n) is 1.43. The predicted octanol–water partition coefficient (Wildman–Crippen LogP) is 1.11. The molecule has 0 bridgehead atoms. The average Bonchev–Trinajstić information content (AvgIpc) is 2.59. The molecule has 0 fully saturated rings. The van der Waals surface area contributed by atoms with Gasteiger partial charge in [-0.25, -0.2) is 0 Å². The monoisotopic (exact) mass is 210 g/mol. The van der Waals surface area contributed by atoms with Crippen LogP contribution in [0.1, 0.15) is 31.1 Å². The van der Waals surface area contributed by atoms with E-state index >= 15 is 0 Å². The maximum atomic E-state index is 12.0. The number of anilines is 1. The second-order valence-electron chi connectivity index (χ2n) is 3.93. The van der Waals surface area contributed by atoms with Gasteiger partial charge in [0.2, 0.25) is 0 Å². The molecule has 84 valence electrons. The van der Waals surface area contributed by atoms with Gasteiger partial charge in [-0.05, 0) is 12.8 Å². The maximum Gasteiger partial charge on any atom is 0.259 e. The SMILES string of the molecule is CCN(CC(C)C)C(=O)c1cn[nH]c1N. The number of H-pyrrole nitrogens is 1. The largest absolute Gasteiger partial charge is 0.383 e. The van der Waals surface area contributed by atoms with Gasteiger partial charge in [-0.3, -0.25) is 9.89 Å². The minimum atomic E-state index is -0.0579. The van der Waals surface area contributed by atoms with Crippen LogP contribution < -0.4 is 5.73 Å². The van der Waals surface area contributed by atoms with Crippen LogP contribution in [0.15, 0.2) is 6.20 Å². The molecule has 1 heterocycles. The first kappa shape index (κ1) is 11.6. The van der Waals surface area contributed by atoms with Gasteiger partial charge in [0, 0.05) is 13.1 Å². The number of nitrogens with zero attached hydrogens (tertiary/aromatic N) is 2. The molecule has 15 heavy (non-hydrogen) atoms. The number of aromatic nitrogens is 2. The van der Waals surface area contributed by atoms with Gasteiger partial charge in [0.25, 0.3) is 5.91 Å². The number of hydrogen-bond acceptors (Lipinski definition) is 3. The van der Waals surface area contributed by atoms with Gasteiger partial charge < -0.3 is 10.6 Å². The minimum Gasteiger partial charge on any atom is -0.383 e. The highest BCUT2D eigenvalue weighted by Gasteiger charge is 2.18. The van der Waals surface area contributed by atoms with Crippen LogP contribution in [0.25, 0.3) is 0 Å². The van der Waals surface area contributed by atoms with E-state index in [1.807, 2.05) is 6.92 Å². The predicted molar refractivity (Wildman–Crippen MR) is 59.4 cm³/mol. The van der Waals surface area contributed by atoms with Crippen LogP contribution in [0.3, 0.4) is 0 Å². The summed E-state index contributed by atoms with van der Waals surface area (Å²) >= 11 is 0. The van der Waals surface area contributed by atoms with E-state index < -0.39 is 0 Å². The van der Waals surface area contributed by atoms with Crippen molar-refractivity contribution in [2.75, 3.05) is 18.8 Å². The lowest BCUT2D eigenvalue weighted by molar-refractivity contribution is 0.0747. The van der Waals surface area contributed by atoms with Crippen LogP contribution in [-0.4, -0.2) is 34.1 Å². The summed E-state index contributed by atoms with van der Waals surface area (Å²) < 4.78 is 0. The van der Waals surface area contributed by atoms with Gasteiger partial charge in [0.05, 0.1) is 6.20 Å². The fraction of sp³-hybridized carbons (Fsp3) is 0.600. The van der Waals surface area contributed by atoms with Crippen LogP contribution in [0.5, 0.6) is 0 Å². The van der Waals surface area contributed by atoms with Crippen molar-refractivity contribution in [3.8, 4) is 0 Å². The number of nitrogen functional groups attached to an aromatic ring is 1. The number of carbonyl (C=O) groups excluding carboxylic acids is 1. The molecule has 0 aliphatic heterocycles. The zero-order valence-corrected chi connectivity index (χ0v) is 9.45. The molecular formula is C10H18N4O. The molecule has 0 aliphatic carbocycles. The molecule has 1 amide bonds. The number of carbonyl (C=O) groups is 1. The van der Waals surface area contributed by atoms with Crippen molar-refractivity contribution in [2.24, 2.45) is 5.92 Å². The lowest BCUT2D eigenvalue weighted by Crippen LogP contribution is -2.34. The highest BCUT2D eigenvalue weighted by atomic mass is 16.2. The zero-order valence-electron chi connectivity index (χ0n) is 9.45. The molecule has 1 aromatic rings. The van der Waals surface area contributed by atoms with Gasteiger partial charge in [0.15, 0.2) is 0 Å². The molecule has 0 saturated carbocycles. The lowest BCUT2D eigenvalue weighted by atomic mass is 10.2. The first-order chi connectivity index (χ1) is 7.06. The van der Waals surface area contributed by atoms with Gasteiger partial charge in [-0.2, -0.15) is 5.10 Å². The molecule has 5 nitrogen and oxygen atoms in total. The van der Waals surface area contributed by atoms with Gasteiger partial charge >= 0.3 is 0 Å². The Labute approximate surface area is 89.6 Å². The highest BCUT2D eigenvalue weighted by Crippen LogP contribution is 2.11. The number of hydrogen-bond donors (Lipinski definition) is 2. The Morgan fingerprint density at radius 1 is 1.67 bits per heavy atom. The summed E-state index contributed by atoms with van der Waals surface area (Å²) in [6.45, 7) is 7.53. The Morgan fingerprint density at radius 2 is 2.33 bits per heavy atom. The lowest BCUT2D eigenvalue weighted by Gasteiger charge is -2.22. The van der Waals surface area contributed by atoms with Gasteiger partial charge in [-0.15, -0.1) is 0 Å². The van der Waals surface area contributed by atoms with Crippen LogP contribution in [0.4, 0.5) is 5.82 Å². The van der Waals surface area contributed by atoms with Gasteiger partial charge in [0.1, 0.15) is 11.4 Å². The summed E-state index contributed by atoms with van der Waals surface area (Å²) in [4.78, 5) is 13.7. The fourth-order valence-corrected chi connectivity index (χ4v) is 1.43. The van der Waals surface area contributed by atoms with Crippen molar-refractivity contribution in [1.29, 1.82) is 0 Å². The van der Waals surface area contributed by atoms with E-state index in [1.54, 1.807) is 4.90 Å². The summed E-state index contributed by atoms with van der Waals surface area (Å²) in [5.74, 6) is 0.724.